The molecular formula is C33H41N5O3. The zero-order valence-corrected chi connectivity index (χ0v) is 24.6. The van der Waals surface area contributed by atoms with Crippen molar-refractivity contribution in [3.63, 3.8) is 0 Å². The lowest BCUT2D eigenvalue weighted by molar-refractivity contribution is -0.0606. The highest BCUT2D eigenvalue weighted by atomic mass is 16.5. The van der Waals surface area contributed by atoms with Gasteiger partial charge < -0.3 is 24.5 Å². The Kier molecular flexibility index (Phi) is 7.99. The first kappa shape index (κ1) is 27.7. The van der Waals surface area contributed by atoms with Gasteiger partial charge in [0.1, 0.15) is 11.7 Å². The molecule has 1 atom stereocenters. The minimum atomic E-state index is -0.635. The normalized spacial score (nSPS) is 17.9. The lowest BCUT2D eigenvalue weighted by Crippen LogP contribution is -2.49. The number of morpholine rings is 1. The molecule has 8 heteroatoms. The lowest BCUT2D eigenvalue weighted by Gasteiger charge is -2.38. The number of hydrogen-bond acceptors (Lipinski definition) is 8. The summed E-state index contributed by atoms with van der Waals surface area (Å²) in [6.45, 7) is 15.8. The smallest absolute Gasteiger partial charge is 0.300 e. The average Bonchev–Trinajstić information content (AvgIpc) is 3.40. The van der Waals surface area contributed by atoms with E-state index in [-0.39, 0.29) is 0 Å². The molecule has 6 rings (SSSR count). The van der Waals surface area contributed by atoms with Crippen LogP contribution in [-0.2, 0) is 4.74 Å². The largest absolute Gasteiger partial charge is 0.423 e. The third-order valence-corrected chi connectivity index (χ3v) is 8.50. The number of anilines is 3. The summed E-state index contributed by atoms with van der Waals surface area (Å²) in [5.41, 5.74) is 9.00. The molecule has 2 aliphatic heterocycles. The zero-order valence-electron chi connectivity index (χ0n) is 24.6. The van der Waals surface area contributed by atoms with Gasteiger partial charge in [-0.1, -0.05) is 30.3 Å². The zero-order chi connectivity index (χ0) is 28.5. The number of aliphatic hydroxyl groups excluding tert-OH is 1. The van der Waals surface area contributed by atoms with Crippen molar-refractivity contribution >= 4 is 28.5 Å². The Balaban J connectivity index is 1.19. The third kappa shape index (κ3) is 5.83. The molecule has 8 nitrogen and oxygen atoms in total. The van der Waals surface area contributed by atoms with Gasteiger partial charge in [-0.05, 0) is 74.2 Å². The standard InChI is InChI=1S/C33H41N5O3/c1-22(2)36-12-14-37(15-13-36)30-11-9-26(21-24(30)4)34-33-35-29-7-5-6-28(31(29)41-33)25-8-10-27(23(3)20-25)32(39)38-16-18-40-19-17-38/h5-11,20-22,32,39H,12-19H2,1-4H3,(H,34,35). The first-order chi connectivity index (χ1) is 19.9. The summed E-state index contributed by atoms with van der Waals surface area (Å²) in [6.07, 6.45) is -0.635. The van der Waals surface area contributed by atoms with Crippen LogP contribution in [0.4, 0.5) is 17.4 Å². The van der Waals surface area contributed by atoms with E-state index in [4.69, 9.17) is 14.1 Å². The number of hydrogen-bond donors (Lipinski definition) is 2. The first-order valence-electron chi connectivity index (χ1n) is 14.7. The van der Waals surface area contributed by atoms with Gasteiger partial charge in [0.05, 0.1) is 13.2 Å². The summed E-state index contributed by atoms with van der Waals surface area (Å²) in [5, 5.41) is 14.4. The summed E-state index contributed by atoms with van der Waals surface area (Å²) in [5.74, 6) is 0. The molecule has 0 saturated carbocycles. The summed E-state index contributed by atoms with van der Waals surface area (Å²) >= 11 is 0. The van der Waals surface area contributed by atoms with Gasteiger partial charge in [0.2, 0.25) is 0 Å². The molecule has 0 aliphatic carbocycles. The molecule has 3 heterocycles. The first-order valence-corrected chi connectivity index (χ1v) is 14.7. The molecule has 1 aromatic heterocycles. The van der Waals surface area contributed by atoms with Crippen molar-refractivity contribution in [2.24, 2.45) is 0 Å². The maximum Gasteiger partial charge on any atom is 0.300 e. The van der Waals surface area contributed by atoms with Crippen LogP contribution in [0.25, 0.3) is 22.2 Å². The Morgan fingerprint density at radius 1 is 0.854 bits per heavy atom. The van der Waals surface area contributed by atoms with E-state index in [0.717, 1.165) is 78.3 Å². The van der Waals surface area contributed by atoms with Crippen molar-refractivity contribution < 1.29 is 14.3 Å². The second-order valence-corrected chi connectivity index (χ2v) is 11.5. The molecule has 41 heavy (non-hydrogen) atoms. The second-order valence-electron chi connectivity index (χ2n) is 11.5. The van der Waals surface area contributed by atoms with Gasteiger partial charge in [-0.3, -0.25) is 9.80 Å². The van der Waals surface area contributed by atoms with Gasteiger partial charge in [0.15, 0.2) is 5.58 Å². The molecule has 2 fully saturated rings. The van der Waals surface area contributed by atoms with E-state index in [1.54, 1.807) is 0 Å². The van der Waals surface area contributed by atoms with Gasteiger partial charge >= 0.3 is 0 Å². The Bertz CT molecular complexity index is 1500. The summed E-state index contributed by atoms with van der Waals surface area (Å²) in [7, 11) is 0. The molecule has 2 saturated heterocycles. The van der Waals surface area contributed by atoms with E-state index < -0.39 is 6.23 Å². The van der Waals surface area contributed by atoms with Crippen LogP contribution in [0.3, 0.4) is 0 Å². The maximum absolute atomic E-state index is 11.0. The van der Waals surface area contributed by atoms with E-state index in [2.05, 4.69) is 77.2 Å². The highest BCUT2D eigenvalue weighted by Crippen LogP contribution is 2.34. The van der Waals surface area contributed by atoms with Gasteiger partial charge in [-0.15, -0.1) is 0 Å². The Morgan fingerprint density at radius 2 is 1.63 bits per heavy atom. The van der Waals surface area contributed by atoms with Crippen molar-refractivity contribution in [1.29, 1.82) is 0 Å². The van der Waals surface area contributed by atoms with E-state index in [0.29, 0.717) is 25.3 Å². The number of fused-ring (bicyclic) bond motifs is 1. The molecule has 1 unspecified atom stereocenters. The molecule has 3 aromatic carbocycles. The van der Waals surface area contributed by atoms with Crippen LogP contribution in [-0.4, -0.2) is 78.4 Å². The van der Waals surface area contributed by atoms with Crippen LogP contribution < -0.4 is 10.2 Å². The predicted octanol–water partition coefficient (Wildman–Crippen LogP) is 5.71. The van der Waals surface area contributed by atoms with Gasteiger partial charge in [-0.2, -0.15) is 4.98 Å². The monoisotopic (exact) mass is 555 g/mol. The number of aliphatic hydroxyl groups is 1. The fourth-order valence-corrected chi connectivity index (χ4v) is 6.07. The SMILES string of the molecule is Cc1cc(-c2cccc3nc(Nc4ccc(N5CCN(C(C)C)CC5)c(C)c4)oc23)ccc1C(O)N1CCOCC1. The molecule has 0 amide bonds. The van der Waals surface area contributed by atoms with Crippen LogP contribution in [0.1, 0.15) is 36.8 Å². The number of aromatic nitrogens is 1. The van der Waals surface area contributed by atoms with Crippen molar-refractivity contribution in [2.75, 3.05) is 62.7 Å². The lowest BCUT2D eigenvalue weighted by atomic mass is 9.98. The highest BCUT2D eigenvalue weighted by Gasteiger charge is 2.23. The number of piperazine rings is 1. The Hall–Kier alpha value is -3.43. The number of nitrogens with one attached hydrogen (secondary N) is 1. The van der Waals surface area contributed by atoms with Crippen LogP contribution in [0.15, 0.2) is 59.0 Å². The second kappa shape index (κ2) is 11.8. The van der Waals surface area contributed by atoms with E-state index in [1.165, 1.54) is 11.3 Å². The molecule has 0 spiro atoms. The molecule has 0 bridgehead atoms. The quantitative estimate of drug-likeness (QED) is 0.300. The molecule has 2 aliphatic rings. The van der Waals surface area contributed by atoms with Crippen molar-refractivity contribution in [3.05, 3.63) is 71.3 Å². The minimum Gasteiger partial charge on any atom is -0.423 e. The van der Waals surface area contributed by atoms with Crippen LogP contribution in [0, 0.1) is 13.8 Å². The molecule has 4 aromatic rings. The van der Waals surface area contributed by atoms with Crippen LogP contribution in [0.2, 0.25) is 0 Å². The fourth-order valence-electron chi connectivity index (χ4n) is 6.07. The fraction of sp³-hybridized carbons (Fsp3) is 0.424. The number of ether oxygens (including phenoxy) is 1. The summed E-state index contributed by atoms with van der Waals surface area (Å²) in [4.78, 5) is 11.8. The number of nitrogens with zero attached hydrogens (tertiary/aromatic N) is 4. The topological polar surface area (TPSA) is 77.2 Å². The van der Waals surface area contributed by atoms with Crippen molar-refractivity contribution in [2.45, 2.75) is 40.0 Å². The summed E-state index contributed by atoms with van der Waals surface area (Å²) < 4.78 is 11.7. The van der Waals surface area contributed by atoms with Gasteiger partial charge in [0.25, 0.3) is 6.01 Å². The average molecular weight is 556 g/mol. The predicted molar refractivity (Wildman–Crippen MR) is 165 cm³/mol. The third-order valence-electron chi connectivity index (χ3n) is 8.50. The number of para-hydroxylation sites is 1. The minimum absolute atomic E-state index is 0.473. The van der Waals surface area contributed by atoms with Crippen LogP contribution >= 0.6 is 0 Å². The van der Waals surface area contributed by atoms with Crippen LogP contribution in [0.5, 0.6) is 0 Å². The molecule has 0 radical (unpaired) electrons. The highest BCUT2D eigenvalue weighted by molar-refractivity contribution is 5.91. The number of benzene rings is 3. The van der Waals surface area contributed by atoms with Crippen molar-refractivity contribution in [3.8, 4) is 11.1 Å². The number of rotatable bonds is 7. The molecule has 216 valence electrons. The van der Waals surface area contributed by atoms with E-state index in [9.17, 15) is 5.11 Å². The Morgan fingerprint density at radius 3 is 2.34 bits per heavy atom. The van der Waals surface area contributed by atoms with Gasteiger partial charge in [-0.25, -0.2) is 0 Å². The number of aryl methyl sites for hydroxylation is 2. The molecular weight excluding hydrogens is 514 g/mol. The number of oxazole rings is 1. The van der Waals surface area contributed by atoms with Crippen molar-refractivity contribution in [1.82, 2.24) is 14.8 Å². The van der Waals surface area contributed by atoms with E-state index >= 15 is 0 Å². The molecule has 2 N–H and O–H groups in total. The van der Waals surface area contributed by atoms with Gasteiger partial charge in [0, 0.05) is 62.2 Å². The maximum atomic E-state index is 11.0. The van der Waals surface area contributed by atoms with E-state index in [1.807, 2.05) is 25.1 Å². The Labute approximate surface area is 242 Å². The summed E-state index contributed by atoms with van der Waals surface area (Å²) in [6, 6.07) is 19.8.